The Morgan fingerprint density at radius 1 is 1.37 bits per heavy atom. The summed E-state index contributed by atoms with van der Waals surface area (Å²) in [7, 11) is 0. The van der Waals surface area contributed by atoms with E-state index in [-0.39, 0.29) is 12.4 Å². The fraction of sp³-hybridized carbons (Fsp3) is 0.385. The van der Waals surface area contributed by atoms with Crippen LogP contribution in [0.4, 0.5) is 0 Å². The van der Waals surface area contributed by atoms with Gasteiger partial charge in [0, 0.05) is 11.6 Å². The smallest absolute Gasteiger partial charge is 0.199 e. The SMILES string of the molecule is OC[C@H]1OC[C@H](O)[C@@]1(O)n1cc(O)c2ccccc21. The molecule has 1 fully saturated rings. The van der Waals surface area contributed by atoms with E-state index in [0.717, 1.165) is 0 Å². The van der Waals surface area contributed by atoms with Gasteiger partial charge in [0.25, 0.3) is 0 Å². The minimum atomic E-state index is -1.80. The summed E-state index contributed by atoms with van der Waals surface area (Å²) in [6, 6.07) is 6.95. The van der Waals surface area contributed by atoms with Crippen molar-refractivity contribution in [3.05, 3.63) is 30.5 Å². The van der Waals surface area contributed by atoms with Gasteiger partial charge in [0.1, 0.15) is 18.0 Å². The Morgan fingerprint density at radius 3 is 2.84 bits per heavy atom. The second-order valence-electron chi connectivity index (χ2n) is 4.70. The van der Waals surface area contributed by atoms with Crippen LogP contribution in [0.3, 0.4) is 0 Å². The summed E-state index contributed by atoms with van der Waals surface area (Å²) in [5, 5.41) is 40.4. The molecule has 0 amide bonds. The molecule has 4 N–H and O–H groups in total. The van der Waals surface area contributed by atoms with E-state index in [4.69, 9.17) is 4.74 Å². The number of aromatic nitrogens is 1. The maximum Gasteiger partial charge on any atom is 0.199 e. The van der Waals surface area contributed by atoms with Crippen LogP contribution in [0.5, 0.6) is 5.75 Å². The largest absolute Gasteiger partial charge is 0.506 e. The van der Waals surface area contributed by atoms with Crippen LogP contribution >= 0.6 is 0 Å². The van der Waals surface area contributed by atoms with E-state index in [9.17, 15) is 20.4 Å². The predicted octanol–water partition coefficient (Wildman–Crippen LogP) is -0.256. The first kappa shape index (κ1) is 12.4. The van der Waals surface area contributed by atoms with E-state index in [1.807, 2.05) is 0 Å². The normalized spacial score (nSPS) is 31.1. The van der Waals surface area contributed by atoms with Crippen molar-refractivity contribution >= 4 is 10.9 Å². The van der Waals surface area contributed by atoms with Crippen molar-refractivity contribution in [2.75, 3.05) is 13.2 Å². The van der Waals surface area contributed by atoms with Gasteiger partial charge in [-0.15, -0.1) is 0 Å². The summed E-state index contributed by atoms with van der Waals surface area (Å²) in [6.45, 7) is -0.504. The van der Waals surface area contributed by atoms with Crippen LogP contribution in [0.2, 0.25) is 0 Å². The first-order chi connectivity index (χ1) is 9.09. The van der Waals surface area contributed by atoms with E-state index in [1.54, 1.807) is 24.3 Å². The fourth-order valence-electron chi connectivity index (χ4n) is 2.63. The molecule has 3 atom stereocenters. The molecule has 2 heterocycles. The lowest BCUT2D eigenvalue weighted by Crippen LogP contribution is -2.50. The summed E-state index contributed by atoms with van der Waals surface area (Å²) in [5.74, 6) is -0.000171. The van der Waals surface area contributed by atoms with Crippen molar-refractivity contribution in [2.45, 2.75) is 17.9 Å². The van der Waals surface area contributed by atoms with Crippen molar-refractivity contribution in [3.8, 4) is 5.75 Å². The molecule has 102 valence electrons. The van der Waals surface area contributed by atoms with Crippen LogP contribution in [-0.2, 0) is 10.5 Å². The van der Waals surface area contributed by atoms with E-state index in [1.165, 1.54) is 10.8 Å². The number of aliphatic hydroxyl groups excluding tert-OH is 2. The molecule has 1 aliphatic heterocycles. The molecule has 3 rings (SSSR count). The van der Waals surface area contributed by atoms with Gasteiger partial charge in [-0.2, -0.15) is 0 Å². The summed E-state index contributed by atoms with van der Waals surface area (Å²) >= 11 is 0. The first-order valence-electron chi connectivity index (χ1n) is 6.01. The van der Waals surface area contributed by atoms with Crippen molar-refractivity contribution in [3.63, 3.8) is 0 Å². The van der Waals surface area contributed by atoms with Crippen LogP contribution in [-0.4, -0.2) is 50.4 Å². The molecule has 0 unspecified atom stereocenters. The minimum absolute atomic E-state index is 0.000171. The van der Waals surface area contributed by atoms with Crippen molar-refractivity contribution in [1.29, 1.82) is 0 Å². The molecule has 2 aromatic rings. The molecule has 0 aliphatic carbocycles. The number of hydrogen-bond donors (Lipinski definition) is 4. The third-order valence-electron chi connectivity index (χ3n) is 3.66. The van der Waals surface area contributed by atoms with Gasteiger partial charge in [-0.1, -0.05) is 12.1 Å². The molecule has 1 aliphatic rings. The molecular formula is C13H15NO5. The second kappa shape index (κ2) is 4.21. The number of ether oxygens (including phenoxy) is 1. The standard InChI is InChI=1S/C13H15NO5/c15-6-12-13(18,11(17)7-19-12)14-5-10(16)8-3-1-2-4-9(8)14/h1-5,11-12,15-18H,6-7H2/t11-,12+,13-/m0/s1. The van der Waals surface area contributed by atoms with Crippen LogP contribution in [0.25, 0.3) is 10.9 Å². The molecule has 0 bridgehead atoms. The van der Waals surface area contributed by atoms with Gasteiger partial charge in [0.2, 0.25) is 0 Å². The third-order valence-corrected chi connectivity index (χ3v) is 3.66. The number of aromatic hydroxyl groups is 1. The van der Waals surface area contributed by atoms with Gasteiger partial charge in [-0.3, -0.25) is 0 Å². The second-order valence-corrected chi connectivity index (χ2v) is 4.70. The zero-order chi connectivity index (χ0) is 13.6. The summed E-state index contributed by atoms with van der Waals surface area (Å²) < 4.78 is 6.55. The molecule has 0 radical (unpaired) electrons. The summed E-state index contributed by atoms with van der Waals surface area (Å²) in [5.41, 5.74) is -1.24. The number of benzene rings is 1. The maximum absolute atomic E-state index is 10.7. The summed E-state index contributed by atoms with van der Waals surface area (Å²) in [4.78, 5) is 0. The highest BCUT2D eigenvalue weighted by Gasteiger charge is 2.52. The number of hydrogen-bond acceptors (Lipinski definition) is 5. The molecule has 6 heteroatoms. The van der Waals surface area contributed by atoms with Gasteiger partial charge in [-0.05, 0) is 12.1 Å². The van der Waals surface area contributed by atoms with Gasteiger partial charge in [-0.25, -0.2) is 0 Å². The lowest BCUT2D eigenvalue weighted by atomic mass is 10.0. The van der Waals surface area contributed by atoms with Crippen molar-refractivity contribution in [1.82, 2.24) is 4.57 Å². The van der Waals surface area contributed by atoms with Gasteiger partial charge in [0.15, 0.2) is 5.72 Å². The highest BCUT2D eigenvalue weighted by molar-refractivity contribution is 5.86. The summed E-state index contributed by atoms with van der Waals surface area (Å²) in [6.07, 6.45) is -0.789. The number of fused-ring (bicyclic) bond motifs is 1. The molecule has 0 spiro atoms. The zero-order valence-corrected chi connectivity index (χ0v) is 10.1. The monoisotopic (exact) mass is 265 g/mol. The Morgan fingerprint density at radius 2 is 2.11 bits per heavy atom. The maximum atomic E-state index is 10.7. The third kappa shape index (κ3) is 1.58. The molecular weight excluding hydrogens is 250 g/mol. The molecule has 0 saturated carbocycles. The van der Waals surface area contributed by atoms with Gasteiger partial charge in [0.05, 0.1) is 18.7 Å². The molecule has 6 nitrogen and oxygen atoms in total. The van der Waals surface area contributed by atoms with Crippen molar-refractivity contribution in [2.24, 2.45) is 0 Å². The minimum Gasteiger partial charge on any atom is -0.506 e. The number of aliphatic hydroxyl groups is 3. The van der Waals surface area contributed by atoms with E-state index < -0.39 is 24.5 Å². The average Bonchev–Trinajstić information content (AvgIpc) is 2.91. The van der Waals surface area contributed by atoms with E-state index >= 15 is 0 Å². The van der Waals surface area contributed by atoms with E-state index in [2.05, 4.69) is 0 Å². The molecule has 19 heavy (non-hydrogen) atoms. The Labute approximate surface area is 109 Å². The fourth-order valence-corrected chi connectivity index (χ4v) is 2.63. The topological polar surface area (TPSA) is 95.1 Å². The molecule has 1 aromatic heterocycles. The van der Waals surface area contributed by atoms with Crippen LogP contribution in [0.15, 0.2) is 30.5 Å². The quantitative estimate of drug-likeness (QED) is 0.600. The lowest BCUT2D eigenvalue weighted by Gasteiger charge is -2.32. The Kier molecular flexibility index (Phi) is 2.75. The first-order valence-corrected chi connectivity index (χ1v) is 6.01. The zero-order valence-electron chi connectivity index (χ0n) is 10.1. The van der Waals surface area contributed by atoms with Crippen LogP contribution < -0.4 is 0 Å². The Bertz CT molecular complexity index is 610. The van der Waals surface area contributed by atoms with E-state index in [0.29, 0.717) is 10.9 Å². The van der Waals surface area contributed by atoms with Crippen LogP contribution in [0, 0.1) is 0 Å². The molecule has 1 saturated heterocycles. The highest BCUT2D eigenvalue weighted by atomic mass is 16.6. The highest BCUT2D eigenvalue weighted by Crippen LogP contribution is 2.37. The van der Waals surface area contributed by atoms with Gasteiger partial charge >= 0.3 is 0 Å². The van der Waals surface area contributed by atoms with Crippen molar-refractivity contribution < 1.29 is 25.2 Å². The Balaban J connectivity index is 2.23. The van der Waals surface area contributed by atoms with Gasteiger partial charge < -0.3 is 29.7 Å². The predicted molar refractivity (Wildman–Crippen MR) is 66.6 cm³/mol. The average molecular weight is 265 g/mol. The number of nitrogens with zero attached hydrogens (tertiary/aromatic N) is 1. The number of para-hydroxylation sites is 1. The number of rotatable bonds is 2. The Hall–Kier alpha value is -1.60. The lowest BCUT2D eigenvalue weighted by molar-refractivity contribution is -0.147. The molecule has 1 aromatic carbocycles. The van der Waals surface area contributed by atoms with Crippen LogP contribution in [0.1, 0.15) is 0 Å².